The Balaban J connectivity index is 2.07. The number of aromatic nitrogens is 2. The van der Waals surface area contributed by atoms with Gasteiger partial charge in [-0.25, -0.2) is 9.37 Å². The lowest BCUT2D eigenvalue weighted by Crippen LogP contribution is -2.10. The van der Waals surface area contributed by atoms with Crippen LogP contribution in [0.25, 0.3) is 11.3 Å². The molecule has 2 aromatic rings. The first-order valence-electron chi connectivity index (χ1n) is 7.18. The fourth-order valence-electron chi connectivity index (χ4n) is 2.54. The van der Waals surface area contributed by atoms with E-state index in [9.17, 15) is 4.39 Å². The third-order valence-electron chi connectivity index (χ3n) is 3.62. The van der Waals surface area contributed by atoms with Gasteiger partial charge in [0.1, 0.15) is 23.2 Å². The van der Waals surface area contributed by atoms with Crippen LogP contribution in [0.15, 0.2) is 24.3 Å². The van der Waals surface area contributed by atoms with E-state index in [-0.39, 0.29) is 5.82 Å². The highest BCUT2D eigenvalue weighted by atomic mass is 19.1. The van der Waals surface area contributed by atoms with Crippen molar-refractivity contribution >= 4 is 5.82 Å². The molecule has 0 aliphatic heterocycles. The van der Waals surface area contributed by atoms with Crippen molar-refractivity contribution in [3.05, 3.63) is 35.9 Å². The Labute approximate surface area is 118 Å². The van der Waals surface area contributed by atoms with Gasteiger partial charge in [0, 0.05) is 18.0 Å². The molecule has 106 valence electrons. The molecule has 3 rings (SSSR count). The topological polar surface area (TPSA) is 43.8 Å². The minimum atomic E-state index is -0.256. The molecule has 0 saturated heterocycles. The van der Waals surface area contributed by atoms with Crippen molar-refractivity contribution in [3.8, 4) is 11.3 Å². The summed E-state index contributed by atoms with van der Waals surface area (Å²) >= 11 is 0. The van der Waals surface area contributed by atoms with E-state index in [1.54, 1.807) is 6.07 Å². The molecule has 1 aromatic carbocycles. The average molecular weight is 273 g/mol. The summed E-state index contributed by atoms with van der Waals surface area (Å²) in [6.45, 7) is 5.19. The summed E-state index contributed by atoms with van der Waals surface area (Å²) in [7, 11) is 0. The maximum absolute atomic E-state index is 13.4. The molecule has 1 heterocycles. The van der Waals surface area contributed by atoms with Gasteiger partial charge >= 0.3 is 0 Å². The van der Waals surface area contributed by atoms with E-state index in [0.717, 1.165) is 17.9 Å². The molecule has 1 saturated carbocycles. The number of benzene rings is 1. The number of halogens is 1. The molecular formula is C16H20FN3. The number of anilines is 1. The monoisotopic (exact) mass is 273 g/mol. The van der Waals surface area contributed by atoms with Gasteiger partial charge in [-0.2, -0.15) is 0 Å². The minimum Gasteiger partial charge on any atom is -0.383 e. The first-order chi connectivity index (χ1) is 9.56. The molecule has 4 heteroatoms. The van der Waals surface area contributed by atoms with Gasteiger partial charge in [0.15, 0.2) is 0 Å². The van der Waals surface area contributed by atoms with Crippen molar-refractivity contribution in [2.24, 2.45) is 5.92 Å². The van der Waals surface area contributed by atoms with E-state index in [4.69, 9.17) is 10.7 Å². The summed E-state index contributed by atoms with van der Waals surface area (Å²) < 4.78 is 15.5. The van der Waals surface area contributed by atoms with Crippen molar-refractivity contribution in [1.82, 2.24) is 9.55 Å². The lowest BCUT2D eigenvalue weighted by molar-refractivity contribution is 0.512. The van der Waals surface area contributed by atoms with Crippen molar-refractivity contribution < 1.29 is 4.39 Å². The summed E-state index contributed by atoms with van der Waals surface area (Å²) in [5.74, 6) is 2.50. The molecule has 0 radical (unpaired) electrons. The molecular weight excluding hydrogens is 253 g/mol. The number of hydrogen-bond donors (Lipinski definition) is 1. The summed E-state index contributed by atoms with van der Waals surface area (Å²) in [5, 5.41) is 0. The maximum Gasteiger partial charge on any atom is 0.131 e. The van der Waals surface area contributed by atoms with Gasteiger partial charge in [0.05, 0.1) is 0 Å². The quantitative estimate of drug-likeness (QED) is 0.920. The van der Waals surface area contributed by atoms with Crippen LogP contribution < -0.4 is 5.73 Å². The SMILES string of the molecule is CC(C)Cn1c(C2CC2)nc(-c2cccc(F)c2)c1N. The van der Waals surface area contributed by atoms with Gasteiger partial charge in [-0.3, -0.25) is 0 Å². The molecule has 0 bridgehead atoms. The van der Waals surface area contributed by atoms with Crippen molar-refractivity contribution in [3.63, 3.8) is 0 Å². The highest BCUT2D eigenvalue weighted by Crippen LogP contribution is 2.42. The highest BCUT2D eigenvalue weighted by Gasteiger charge is 2.31. The molecule has 0 amide bonds. The number of imidazole rings is 1. The number of rotatable bonds is 4. The molecule has 0 atom stereocenters. The Morgan fingerprint density at radius 1 is 1.40 bits per heavy atom. The molecule has 1 aromatic heterocycles. The van der Waals surface area contributed by atoms with Crippen LogP contribution in [0.3, 0.4) is 0 Å². The van der Waals surface area contributed by atoms with E-state index >= 15 is 0 Å². The molecule has 2 N–H and O–H groups in total. The van der Waals surface area contributed by atoms with Gasteiger partial charge in [0.2, 0.25) is 0 Å². The predicted octanol–water partition coefficient (Wildman–Crippen LogP) is 3.80. The van der Waals surface area contributed by atoms with Crippen LogP contribution in [-0.2, 0) is 6.54 Å². The van der Waals surface area contributed by atoms with Crippen LogP contribution in [0.2, 0.25) is 0 Å². The normalized spacial score (nSPS) is 15.0. The third-order valence-corrected chi connectivity index (χ3v) is 3.62. The Morgan fingerprint density at radius 2 is 2.15 bits per heavy atom. The van der Waals surface area contributed by atoms with Crippen LogP contribution in [0.5, 0.6) is 0 Å². The molecule has 0 spiro atoms. The van der Waals surface area contributed by atoms with Gasteiger partial charge in [-0.15, -0.1) is 0 Å². The van der Waals surface area contributed by atoms with Gasteiger partial charge in [-0.05, 0) is 30.9 Å². The lowest BCUT2D eigenvalue weighted by atomic mass is 10.1. The van der Waals surface area contributed by atoms with Crippen LogP contribution in [0, 0.1) is 11.7 Å². The Hall–Kier alpha value is -1.84. The number of nitrogens with zero attached hydrogens (tertiary/aromatic N) is 2. The Bertz CT molecular complexity index is 627. The molecule has 3 nitrogen and oxygen atoms in total. The fraction of sp³-hybridized carbons (Fsp3) is 0.438. The molecule has 1 aliphatic rings. The minimum absolute atomic E-state index is 0.256. The number of nitrogens with two attached hydrogens (primary N) is 1. The van der Waals surface area contributed by atoms with Gasteiger partial charge < -0.3 is 10.3 Å². The smallest absolute Gasteiger partial charge is 0.131 e. The average Bonchev–Trinajstić information content (AvgIpc) is 3.17. The number of hydrogen-bond acceptors (Lipinski definition) is 2. The summed E-state index contributed by atoms with van der Waals surface area (Å²) in [6.07, 6.45) is 2.36. The lowest BCUT2D eigenvalue weighted by Gasteiger charge is -2.11. The van der Waals surface area contributed by atoms with Crippen molar-refractivity contribution in [1.29, 1.82) is 0 Å². The zero-order valence-corrected chi connectivity index (χ0v) is 11.9. The number of nitrogen functional groups attached to an aromatic ring is 1. The Morgan fingerprint density at radius 3 is 2.75 bits per heavy atom. The van der Waals surface area contributed by atoms with Gasteiger partial charge in [0.25, 0.3) is 0 Å². The van der Waals surface area contributed by atoms with Crippen molar-refractivity contribution in [2.75, 3.05) is 5.73 Å². The van der Waals surface area contributed by atoms with Crippen molar-refractivity contribution in [2.45, 2.75) is 39.2 Å². The second-order valence-electron chi connectivity index (χ2n) is 5.99. The highest BCUT2D eigenvalue weighted by molar-refractivity contribution is 5.71. The third kappa shape index (κ3) is 2.42. The molecule has 1 aliphatic carbocycles. The van der Waals surface area contributed by atoms with E-state index in [1.807, 2.05) is 6.07 Å². The molecule has 1 fully saturated rings. The zero-order valence-electron chi connectivity index (χ0n) is 11.9. The summed E-state index contributed by atoms with van der Waals surface area (Å²) in [6, 6.07) is 6.49. The van der Waals surface area contributed by atoms with Crippen LogP contribution in [0.4, 0.5) is 10.2 Å². The first kappa shape index (κ1) is 13.2. The van der Waals surface area contributed by atoms with E-state index in [1.165, 1.54) is 25.0 Å². The fourth-order valence-corrected chi connectivity index (χ4v) is 2.54. The standard InChI is InChI=1S/C16H20FN3/c1-10(2)9-20-15(18)14(19-16(20)11-6-7-11)12-4-3-5-13(17)8-12/h3-5,8,10-11H,6-7,9,18H2,1-2H3. The van der Waals surface area contributed by atoms with E-state index in [0.29, 0.717) is 23.3 Å². The van der Waals surface area contributed by atoms with E-state index in [2.05, 4.69) is 18.4 Å². The largest absolute Gasteiger partial charge is 0.383 e. The maximum atomic E-state index is 13.4. The first-order valence-corrected chi connectivity index (χ1v) is 7.18. The second kappa shape index (κ2) is 4.93. The second-order valence-corrected chi connectivity index (χ2v) is 5.99. The van der Waals surface area contributed by atoms with E-state index < -0.39 is 0 Å². The van der Waals surface area contributed by atoms with Crippen LogP contribution >= 0.6 is 0 Å². The molecule has 0 unspecified atom stereocenters. The van der Waals surface area contributed by atoms with Crippen LogP contribution in [-0.4, -0.2) is 9.55 Å². The Kier molecular flexibility index (Phi) is 3.24. The zero-order chi connectivity index (χ0) is 14.3. The molecule has 20 heavy (non-hydrogen) atoms. The summed E-state index contributed by atoms with van der Waals surface area (Å²) in [5.41, 5.74) is 7.75. The predicted molar refractivity (Wildman–Crippen MR) is 78.8 cm³/mol. The summed E-state index contributed by atoms with van der Waals surface area (Å²) in [4.78, 5) is 4.71. The van der Waals surface area contributed by atoms with Crippen LogP contribution in [0.1, 0.15) is 38.4 Å². The van der Waals surface area contributed by atoms with Gasteiger partial charge in [-0.1, -0.05) is 26.0 Å².